The largest absolute Gasteiger partial charge is 0.342 e. The fraction of sp³-hybridized carbons (Fsp3) is 0.273. The van der Waals surface area contributed by atoms with Gasteiger partial charge in [0.25, 0.3) is 0 Å². The molecule has 0 radical (unpaired) electrons. The van der Waals surface area contributed by atoms with Gasteiger partial charge in [-0.3, -0.25) is 0 Å². The van der Waals surface area contributed by atoms with E-state index in [9.17, 15) is 0 Å². The molecule has 0 amide bonds. The molecule has 1 aromatic heterocycles. The van der Waals surface area contributed by atoms with Gasteiger partial charge in [-0.1, -0.05) is 23.7 Å². The number of hydrogen-bond acceptors (Lipinski definition) is 1. The van der Waals surface area contributed by atoms with Gasteiger partial charge in [0.1, 0.15) is 0 Å². The summed E-state index contributed by atoms with van der Waals surface area (Å²) in [4.78, 5) is 0. The van der Waals surface area contributed by atoms with E-state index in [2.05, 4.69) is 16.7 Å². The van der Waals surface area contributed by atoms with Crippen LogP contribution in [0.15, 0.2) is 24.3 Å². The maximum absolute atomic E-state index is 6.17. The highest BCUT2D eigenvalue weighted by molar-refractivity contribution is 6.35. The van der Waals surface area contributed by atoms with Gasteiger partial charge in [0.2, 0.25) is 0 Å². The molecule has 2 heterocycles. The van der Waals surface area contributed by atoms with Gasteiger partial charge in [-0.15, -0.1) is 0 Å². The van der Waals surface area contributed by atoms with E-state index in [4.69, 9.17) is 17.3 Å². The number of para-hydroxylation sites is 1. The monoisotopic (exact) mass is 206 g/mol. The van der Waals surface area contributed by atoms with Gasteiger partial charge in [0.15, 0.2) is 0 Å². The summed E-state index contributed by atoms with van der Waals surface area (Å²) in [7, 11) is 0. The lowest BCUT2D eigenvalue weighted by Gasteiger charge is -2.01. The third kappa shape index (κ3) is 0.954. The molecular formula is C11H11ClN2. The Morgan fingerprint density at radius 2 is 2.29 bits per heavy atom. The fourth-order valence-corrected chi connectivity index (χ4v) is 2.55. The van der Waals surface area contributed by atoms with Crippen molar-refractivity contribution in [2.24, 2.45) is 5.73 Å². The summed E-state index contributed by atoms with van der Waals surface area (Å²) in [5.41, 5.74) is 8.35. The van der Waals surface area contributed by atoms with Gasteiger partial charge in [-0.25, -0.2) is 0 Å². The van der Waals surface area contributed by atoms with Crippen molar-refractivity contribution in [1.82, 2.24) is 4.57 Å². The van der Waals surface area contributed by atoms with Gasteiger partial charge in [0.05, 0.1) is 10.5 Å². The van der Waals surface area contributed by atoms with Gasteiger partial charge in [-0.2, -0.15) is 0 Å². The molecule has 14 heavy (non-hydrogen) atoms. The average molecular weight is 207 g/mol. The van der Waals surface area contributed by atoms with E-state index in [1.807, 2.05) is 12.1 Å². The van der Waals surface area contributed by atoms with Crippen LogP contribution in [0.25, 0.3) is 10.9 Å². The number of aryl methyl sites for hydroxylation is 1. The zero-order valence-corrected chi connectivity index (χ0v) is 8.46. The first-order valence-electron chi connectivity index (χ1n) is 4.80. The molecule has 3 rings (SSSR count). The first-order chi connectivity index (χ1) is 6.77. The SMILES string of the molecule is NC1CCn2c1cc1cccc(Cl)c12. The number of nitrogens with two attached hydrogens (primary N) is 1. The molecule has 2 aromatic rings. The van der Waals surface area contributed by atoms with Crippen LogP contribution in [0.4, 0.5) is 0 Å². The second-order valence-electron chi connectivity index (χ2n) is 3.79. The van der Waals surface area contributed by atoms with Crippen LogP contribution in [0.1, 0.15) is 18.2 Å². The van der Waals surface area contributed by atoms with E-state index in [-0.39, 0.29) is 6.04 Å². The van der Waals surface area contributed by atoms with E-state index >= 15 is 0 Å². The van der Waals surface area contributed by atoms with E-state index in [1.54, 1.807) is 0 Å². The third-order valence-corrected chi connectivity index (χ3v) is 3.25. The van der Waals surface area contributed by atoms with Crippen LogP contribution in [0.2, 0.25) is 5.02 Å². The lowest BCUT2D eigenvalue weighted by molar-refractivity contribution is 0.691. The quantitative estimate of drug-likeness (QED) is 0.706. The zero-order valence-electron chi connectivity index (χ0n) is 7.70. The van der Waals surface area contributed by atoms with Crippen LogP contribution in [0, 0.1) is 0 Å². The lowest BCUT2D eigenvalue weighted by atomic mass is 10.2. The van der Waals surface area contributed by atoms with E-state index in [0.717, 1.165) is 23.5 Å². The Balaban J connectivity index is 2.41. The second kappa shape index (κ2) is 2.75. The molecule has 3 heteroatoms. The summed E-state index contributed by atoms with van der Waals surface area (Å²) in [6.07, 6.45) is 1.02. The Labute approximate surface area is 87.3 Å². The third-order valence-electron chi connectivity index (χ3n) is 2.95. The minimum atomic E-state index is 0.179. The maximum atomic E-state index is 6.17. The summed E-state index contributed by atoms with van der Waals surface area (Å²) < 4.78 is 2.24. The molecule has 1 unspecified atom stereocenters. The van der Waals surface area contributed by atoms with E-state index in [0.29, 0.717) is 0 Å². The Bertz CT molecular complexity index is 501. The highest BCUT2D eigenvalue weighted by Crippen LogP contribution is 2.34. The number of benzene rings is 1. The van der Waals surface area contributed by atoms with Crippen molar-refractivity contribution in [3.63, 3.8) is 0 Å². The number of nitrogens with zero attached hydrogens (tertiary/aromatic N) is 1. The summed E-state index contributed by atoms with van der Waals surface area (Å²) >= 11 is 6.17. The average Bonchev–Trinajstić information content (AvgIpc) is 2.68. The molecular weight excluding hydrogens is 196 g/mol. The van der Waals surface area contributed by atoms with E-state index in [1.165, 1.54) is 11.1 Å². The minimum absolute atomic E-state index is 0.179. The number of halogens is 1. The Kier molecular flexibility index (Phi) is 1.64. The van der Waals surface area contributed by atoms with Gasteiger partial charge in [0, 0.05) is 23.7 Å². The Morgan fingerprint density at radius 3 is 3.14 bits per heavy atom. The topological polar surface area (TPSA) is 30.9 Å². The smallest absolute Gasteiger partial charge is 0.0672 e. The summed E-state index contributed by atoms with van der Waals surface area (Å²) in [6, 6.07) is 8.32. The van der Waals surface area contributed by atoms with Crippen LogP contribution in [0.5, 0.6) is 0 Å². The van der Waals surface area contributed by atoms with Crippen LogP contribution in [-0.4, -0.2) is 4.57 Å². The van der Waals surface area contributed by atoms with Crippen molar-refractivity contribution < 1.29 is 0 Å². The number of aromatic nitrogens is 1. The number of fused-ring (bicyclic) bond motifs is 3. The fourth-order valence-electron chi connectivity index (χ4n) is 2.26. The molecule has 0 spiro atoms. The summed E-state index contributed by atoms with van der Waals surface area (Å²) in [6.45, 7) is 0.990. The predicted molar refractivity (Wildman–Crippen MR) is 58.5 cm³/mol. The molecule has 0 bridgehead atoms. The Morgan fingerprint density at radius 1 is 1.43 bits per heavy atom. The normalized spacial score (nSPS) is 20.3. The summed E-state index contributed by atoms with van der Waals surface area (Å²) in [5, 5.41) is 2.02. The number of rotatable bonds is 0. The molecule has 0 aliphatic carbocycles. The zero-order chi connectivity index (χ0) is 9.71. The molecule has 1 aliphatic heterocycles. The standard InChI is InChI=1S/C11H11ClN2/c12-8-3-1-2-7-6-10-9(13)4-5-14(10)11(7)8/h1-3,6,9H,4-5,13H2. The predicted octanol–water partition coefficient (Wildman–Crippen LogP) is 2.70. The molecule has 0 fully saturated rings. The minimum Gasteiger partial charge on any atom is -0.342 e. The number of hydrogen-bond donors (Lipinski definition) is 1. The molecule has 2 N–H and O–H groups in total. The molecule has 2 nitrogen and oxygen atoms in total. The Hall–Kier alpha value is -0.990. The molecule has 1 aromatic carbocycles. The van der Waals surface area contributed by atoms with Gasteiger partial charge in [-0.05, 0) is 18.6 Å². The van der Waals surface area contributed by atoms with Gasteiger partial charge < -0.3 is 10.3 Å². The van der Waals surface area contributed by atoms with E-state index < -0.39 is 0 Å². The molecule has 1 aliphatic rings. The molecule has 1 atom stereocenters. The van der Waals surface area contributed by atoms with Gasteiger partial charge >= 0.3 is 0 Å². The molecule has 72 valence electrons. The van der Waals surface area contributed by atoms with Crippen LogP contribution in [-0.2, 0) is 6.54 Å². The maximum Gasteiger partial charge on any atom is 0.0672 e. The highest BCUT2D eigenvalue weighted by Gasteiger charge is 2.22. The van der Waals surface area contributed by atoms with Crippen molar-refractivity contribution in [2.75, 3.05) is 0 Å². The van der Waals surface area contributed by atoms with Crippen molar-refractivity contribution in [3.8, 4) is 0 Å². The van der Waals surface area contributed by atoms with Crippen LogP contribution in [0.3, 0.4) is 0 Å². The van der Waals surface area contributed by atoms with Crippen LogP contribution >= 0.6 is 11.6 Å². The molecule has 0 saturated heterocycles. The first kappa shape index (κ1) is 8.33. The molecule has 0 saturated carbocycles. The summed E-state index contributed by atoms with van der Waals surface area (Å²) in [5.74, 6) is 0. The first-order valence-corrected chi connectivity index (χ1v) is 5.18. The van der Waals surface area contributed by atoms with Crippen molar-refractivity contribution in [2.45, 2.75) is 19.0 Å². The van der Waals surface area contributed by atoms with Crippen LogP contribution < -0.4 is 5.73 Å². The van der Waals surface area contributed by atoms with Crippen molar-refractivity contribution in [3.05, 3.63) is 35.0 Å². The lowest BCUT2D eigenvalue weighted by Crippen LogP contribution is -2.04. The van der Waals surface area contributed by atoms with Crippen molar-refractivity contribution in [1.29, 1.82) is 0 Å². The second-order valence-corrected chi connectivity index (χ2v) is 4.20. The van der Waals surface area contributed by atoms with Crippen molar-refractivity contribution >= 4 is 22.5 Å². The highest BCUT2D eigenvalue weighted by atomic mass is 35.5.